The number of nitrogens with one attached hydrogen (secondary N) is 1. The van der Waals surface area contributed by atoms with Crippen LogP contribution in [-0.2, 0) is 17.8 Å². The Hall–Kier alpha value is -1.91. The molecule has 1 heterocycles. The summed E-state index contributed by atoms with van der Waals surface area (Å²) in [5, 5.41) is 3.79. The molecule has 132 valence electrons. The Labute approximate surface area is 152 Å². The zero-order valence-electron chi connectivity index (χ0n) is 14.1. The van der Waals surface area contributed by atoms with Crippen molar-refractivity contribution >= 4 is 17.5 Å². The summed E-state index contributed by atoms with van der Waals surface area (Å²) in [6.07, 6.45) is 1.92. The number of likely N-dealkylation sites (tertiary alicyclic amines) is 1. The van der Waals surface area contributed by atoms with Crippen LogP contribution in [0.3, 0.4) is 0 Å². The third-order valence-corrected chi connectivity index (χ3v) is 4.83. The predicted octanol–water partition coefficient (Wildman–Crippen LogP) is 3.80. The summed E-state index contributed by atoms with van der Waals surface area (Å²) in [5.41, 5.74) is 1.69. The molecule has 1 aliphatic heterocycles. The van der Waals surface area contributed by atoms with E-state index in [1.807, 2.05) is 24.3 Å². The minimum atomic E-state index is -0.324. The van der Waals surface area contributed by atoms with Gasteiger partial charge in [0.25, 0.3) is 0 Å². The summed E-state index contributed by atoms with van der Waals surface area (Å²) in [6.45, 7) is 2.77. The quantitative estimate of drug-likeness (QED) is 0.879. The van der Waals surface area contributed by atoms with Crippen LogP contribution < -0.4 is 5.32 Å². The Morgan fingerprint density at radius 2 is 1.80 bits per heavy atom. The molecule has 2 aromatic carbocycles. The van der Waals surface area contributed by atoms with E-state index in [2.05, 4.69) is 10.2 Å². The second-order valence-corrected chi connectivity index (χ2v) is 6.95. The number of rotatable bonds is 5. The monoisotopic (exact) mass is 360 g/mol. The lowest BCUT2D eigenvalue weighted by Gasteiger charge is -2.32. The molecule has 1 amide bonds. The minimum Gasteiger partial charge on any atom is -0.353 e. The van der Waals surface area contributed by atoms with Crippen LogP contribution in [0, 0.1) is 5.82 Å². The number of piperidine rings is 1. The van der Waals surface area contributed by atoms with Crippen molar-refractivity contribution in [2.45, 2.75) is 31.8 Å². The summed E-state index contributed by atoms with van der Waals surface area (Å²) in [7, 11) is 0. The van der Waals surface area contributed by atoms with E-state index in [1.165, 1.54) is 11.6 Å². The zero-order chi connectivity index (χ0) is 17.6. The fourth-order valence-corrected chi connectivity index (χ4v) is 3.30. The van der Waals surface area contributed by atoms with Crippen LogP contribution in [0.5, 0.6) is 0 Å². The van der Waals surface area contributed by atoms with Gasteiger partial charge in [0.15, 0.2) is 0 Å². The molecule has 0 radical (unpaired) electrons. The maximum Gasteiger partial charge on any atom is 0.224 e. The SMILES string of the molecule is O=C(Cc1ccccc1F)NC1CCN(Cc2ccc(Cl)cc2)CC1. The lowest BCUT2D eigenvalue weighted by atomic mass is 10.0. The maximum atomic E-state index is 13.6. The van der Waals surface area contributed by atoms with Crippen molar-refractivity contribution in [2.75, 3.05) is 13.1 Å². The van der Waals surface area contributed by atoms with E-state index < -0.39 is 0 Å². The van der Waals surface area contributed by atoms with Crippen LogP contribution in [-0.4, -0.2) is 29.9 Å². The highest BCUT2D eigenvalue weighted by Crippen LogP contribution is 2.16. The highest BCUT2D eigenvalue weighted by molar-refractivity contribution is 6.30. The molecule has 3 rings (SSSR count). The lowest BCUT2D eigenvalue weighted by molar-refractivity contribution is -0.121. The smallest absolute Gasteiger partial charge is 0.224 e. The van der Waals surface area contributed by atoms with Gasteiger partial charge < -0.3 is 5.32 Å². The zero-order valence-corrected chi connectivity index (χ0v) is 14.8. The number of amides is 1. The molecular formula is C20H22ClFN2O. The summed E-state index contributed by atoms with van der Waals surface area (Å²) < 4.78 is 13.6. The average Bonchev–Trinajstić information content (AvgIpc) is 2.61. The fraction of sp³-hybridized carbons (Fsp3) is 0.350. The Kier molecular flexibility index (Phi) is 6.05. The molecule has 3 nitrogen and oxygen atoms in total. The number of carbonyl (C=O) groups is 1. The first-order valence-corrected chi connectivity index (χ1v) is 8.97. The Morgan fingerprint density at radius 1 is 1.12 bits per heavy atom. The number of benzene rings is 2. The molecule has 0 saturated carbocycles. The van der Waals surface area contributed by atoms with E-state index >= 15 is 0 Å². The number of halogens is 2. The second-order valence-electron chi connectivity index (χ2n) is 6.51. The Morgan fingerprint density at radius 3 is 2.48 bits per heavy atom. The highest BCUT2D eigenvalue weighted by Gasteiger charge is 2.21. The Bertz CT molecular complexity index is 712. The molecule has 5 heteroatoms. The van der Waals surface area contributed by atoms with E-state index in [1.54, 1.807) is 18.2 Å². The summed E-state index contributed by atoms with van der Waals surface area (Å²) in [5.74, 6) is -0.434. The molecule has 0 bridgehead atoms. The normalized spacial score (nSPS) is 15.9. The molecule has 0 aliphatic carbocycles. The van der Waals surface area contributed by atoms with E-state index in [9.17, 15) is 9.18 Å². The molecule has 1 N–H and O–H groups in total. The summed E-state index contributed by atoms with van der Waals surface area (Å²) in [4.78, 5) is 14.5. The summed E-state index contributed by atoms with van der Waals surface area (Å²) in [6, 6.07) is 14.5. The second kappa shape index (κ2) is 8.45. The van der Waals surface area contributed by atoms with Gasteiger partial charge >= 0.3 is 0 Å². The molecule has 0 spiro atoms. The van der Waals surface area contributed by atoms with Crippen molar-refractivity contribution in [1.82, 2.24) is 10.2 Å². The standard InChI is InChI=1S/C20H22ClFN2O/c21-17-7-5-15(6-8-17)14-24-11-9-18(10-12-24)23-20(25)13-16-3-1-2-4-19(16)22/h1-8,18H,9-14H2,(H,23,25). The number of nitrogens with zero attached hydrogens (tertiary/aromatic N) is 1. The molecule has 0 aromatic heterocycles. The first-order valence-electron chi connectivity index (χ1n) is 8.60. The maximum absolute atomic E-state index is 13.6. The van der Waals surface area contributed by atoms with Crippen LogP contribution >= 0.6 is 11.6 Å². The molecular weight excluding hydrogens is 339 g/mol. The number of carbonyl (C=O) groups excluding carboxylic acids is 1. The molecule has 0 unspecified atom stereocenters. The molecule has 1 saturated heterocycles. The first kappa shape index (κ1) is 17.9. The van der Waals surface area contributed by atoms with Crippen molar-refractivity contribution in [3.8, 4) is 0 Å². The van der Waals surface area contributed by atoms with Gasteiger partial charge in [0, 0.05) is 30.7 Å². The van der Waals surface area contributed by atoms with Gasteiger partial charge in [-0.2, -0.15) is 0 Å². The van der Waals surface area contributed by atoms with Gasteiger partial charge in [0.2, 0.25) is 5.91 Å². The van der Waals surface area contributed by atoms with Crippen molar-refractivity contribution in [1.29, 1.82) is 0 Å². The van der Waals surface area contributed by atoms with Crippen molar-refractivity contribution < 1.29 is 9.18 Å². The molecule has 1 fully saturated rings. The van der Waals surface area contributed by atoms with Gasteiger partial charge in [0.1, 0.15) is 5.82 Å². The highest BCUT2D eigenvalue weighted by atomic mass is 35.5. The van der Waals surface area contributed by atoms with Crippen LogP contribution in [0.15, 0.2) is 48.5 Å². The third-order valence-electron chi connectivity index (χ3n) is 4.58. The van der Waals surface area contributed by atoms with Crippen molar-refractivity contribution in [3.63, 3.8) is 0 Å². The Balaban J connectivity index is 1.43. The predicted molar refractivity (Wildman–Crippen MR) is 98.0 cm³/mol. The molecule has 1 aliphatic rings. The third kappa shape index (κ3) is 5.28. The van der Waals surface area contributed by atoms with Crippen LogP contribution in [0.1, 0.15) is 24.0 Å². The van der Waals surface area contributed by atoms with Gasteiger partial charge in [0.05, 0.1) is 6.42 Å². The van der Waals surface area contributed by atoms with E-state index in [-0.39, 0.29) is 24.2 Å². The van der Waals surface area contributed by atoms with Crippen LogP contribution in [0.2, 0.25) is 5.02 Å². The van der Waals surface area contributed by atoms with Crippen LogP contribution in [0.4, 0.5) is 4.39 Å². The molecule has 2 aromatic rings. The topological polar surface area (TPSA) is 32.3 Å². The largest absolute Gasteiger partial charge is 0.353 e. The van der Waals surface area contributed by atoms with E-state index in [0.29, 0.717) is 5.56 Å². The van der Waals surface area contributed by atoms with Crippen molar-refractivity contribution in [2.24, 2.45) is 0 Å². The van der Waals surface area contributed by atoms with Crippen molar-refractivity contribution in [3.05, 3.63) is 70.5 Å². The van der Waals surface area contributed by atoms with Gasteiger partial charge in [-0.15, -0.1) is 0 Å². The fourth-order valence-electron chi connectivity index (χ4n) is 3.18. The average molecular weight is 361 g/mol. The number of hydrogen-bond donors (Lipinski definition) is 1. The number of hydrogen-bond acceptors (Lipinski definition) is 2. The van der Waals surface area contributed by atoms with Gasteiger partial charge in [-0.3, -0.25) is 9.69 Å². The molecule has 25 heavy (non-hydrogen) atoms. The van der Waals surface area contributed by atoms with E-state index in [4.69, 9.17) is 11.6 Å². The summed E-state index contributed by atoms with van der Waals surface area (Å²) >= 11 is 5.91. The van der Waals surface area contributed by atoms with Crippen LogP contribution in [0.25, 0.3) is 0 Å². The van der Waals surface area contributed by atoms with Gasteiger partial charge in [-0.1, -0.05) is 41.9 Å². The van der Waals surface area contributed by atoms with Gasteiger partial charge in [-0.05, 0) is 42.2 Å². The molecule has 0 atom stereocenters. The van der Waals surface area contributed by atoms with Gasteiger partial charge in [-0.25, -0.2) is 4.39 Å². The van der Waals surface area contributed by atoms with E-state index in [0.717, 1.165) is 37.5 Å². The lowest BCUT2D eigenvalue weighted by Crippen LogP contribution is -2.44. The minimum absolute atomic E-state index is 0.0949. The first-order chi connectivity index (χ1) is 12.1.